The van der Waals surface area contributed by atoms with E-state index in [0.29, 0.717) is 45.1 Å². The van der Waals surface area contributed by atoms with Crippen LogP contribution in [0, 0.1) is 5.92 Å². The zero-order valence-corrected chi connectivity index (χ0v) is 31.5. The minimum atomic E-state index is -3.03. The number of ketones is 3. The lowest BCUT2D eigenvalue weighted by Crippen LogP contribution is -2.25. The molecule has 1 amide bonds. The molecule has 2 heterocycles. The third-order valence-corrected chi connectivity index (χ3v) is 11.1. The van der Waals surface area contributed by atoms with Crippen molar-refractivity contribution in [3.63, 3.8) is 0 Å². The minimum Gasteiger partial charge on any atom is -0.356 e. The van der Waals surface area contributed by atoms with Crippen LogP contribution in [0.2, 0.25) is 0 Å². The van der Waals surface area contributed by atoms with Crippen molar-refractivity contribution in [1.29, 1.82) is 0 Å². The highest BCUT2D eigenvalue weighted by Crippen LogP contribution is 2.39. The number of imidazole rings is 1. The maximum atomic E-state index is 12.3. The number of amides is 1. The number of unbranched alkanes of at least 4 members (excludes halogenated alkanes) is 13. The monoisotopic (exact) mass is 722 g/mol. The molecule has 0 saturated heterocycles. The van der Waals surface area contributed by atoms with Crippen LogP contribution in [0.4, 0.5) is 0 Å². The molecule has 2 rings (SSSR count). The van der Waals surface area contributed by atoms with E-state index in [2.05, 4.69) is 31.3 Å². The smallest absolute Gasteiger partial charge is 0.220 e. The average molecular weight is 723 g/mol. The number of H-pyrrole nitrogens is 1. The zero-order valence-electron chi connectivity index (χ0n) is 30.7. The highest BCUT2D eigenvalue weighted by Gasteiger charge is 2.19. The molecule has 1 aromatic rings. The van der Waals surface area contributed by atoms with Crippen molar-refractivity contribution in [2.24, 2.45) is 11.0 Å². The SMILES string of the molecule is CC(=O)[C@@H](CCCCNC(=O)CCCS(O)(O)CC(=O)CCCCCCCCCCCCCCCC1=NNNC1)CC(=O)CCc1cnc[nH]1. The summed E-state index contributed by atoms with van der Waals surface area (Å²) in [6.45, 7) is 2.85. The molecule has 0 spiro atoms. The van der Waals surface area contributed by atoms with Crippen LogP contribution in [-0.4, -0.2) is 72.6 Å². The van der Waals surface area contributed by atoms with Crippen LogP contribution in [-0.2, 0) is 25.6 Å². The van der Waals surface area contributed by atoms with Crippen LogP contribution < -0.4 is 16.3 Å². The molecule has 0 fully saturated rings. The van der Waals surface area contributed by atoms with Crippen LogP contribution in [0.15, 0.2) is 17.6 Å². The van der Waals surface area contributed by atoms with Crippen molar-refractivity contribution in [2.45, 2.75) is 155 Å². The number of rotatable bonds is 33. The Morgan fingerprint density at radius 3 is 2.06 bits per heavy atom. The molecule has 6 N–H and O–H groups in total. The maximum Gasteiger partial charge on any atom is 0.220 e. The molecule has 0 bridgehead atoms. The van der Waals surface area contributed by atoms with Crippen molar-refractivity contribution in [2.75, 3.05) is 24.6 Å². The Hall–Kier alpha value is -2.61. The summed E-state index contributed by atoms with van der Waals surface area (Å²) in [6, 6.07) is 0. The van der Waals surface area contributed by atoms with Gasteiger partial charge in [-0.1, -0.05) is 77.0 Å². The standard InChI is InChI=1S/C37H66N6O6S/c1-31(44)32(26-35(45)23-22-33-27-38-30-40-33)18-15-16-24-39-37(47)21-17-25-50(48,49)29-36(46)20-14-12-10-8-6-4-2-3-5-7-9-11-13-19-34-28-41-43-42-34/h27,30,32,41,43,48-49H,2-26,28-29H2,1H3,(H,38,40)(H,39,47)/t32-/m0/s1. The number of aromatic amines is 1. The first-order valence-corrected chi connectivity index (χ1v) is 21.1. The van der Waals surface area contributed by atoms with Crippen LogP contribution in [0.3, 0.4) is 0 Å². The first kappa shape index (κ1) is 43.6. The van der Waals surface area contributed by atoms with Gasteiger partial charge in [0.05, 0.1) is 24.3 Å². The van der Waals surface area contributed by atoms with Gasteiger partial charge in [-0.25, -0.2) is 15.9 Å². The van der Waals surface area contributed by atoms with E-state index in [1.807, 2.05) is 0 Å². The summed E-state index contributed by atoms with van der Waals surface area (Å²) in [6.07, 6.45) is 24.1. The molecule has 0 aliphatic carbocycles. The maximum absolute atomic E-state index is 12.3. The molecule has 0 radical (unpaired) electrons. The summed E-state index contributed by atoms with van der Waals surface area (Å²) in [5.74, 6) is -0.690. The number of aromatic nitrogens is 2. The quantitative estimate of drug-likeness (QED) is 0.0408. The Labute approximate surface area is 301 Å². The summed E-state index contributed by atoms with van der Waals surface area (Å²) >= 11 is 0. The van der Waals surface area contributed by atoms with E-state index in [1.54, 1.807) is 12.5 Å². The number of hydrazone groups is 1. The Bertz CT molecular complexity index is 1130. The molecule has 1 aliphatic heterocycles. The van der Waals surface area contributed by atoms with E-state index in [9.17, 15) is 28.3 Å². The van der Waals surface area contributed by atoms with Gasteiger partial charge in [-0.2, -0.15) is 15.7 Å². The van der Waals surface area contributed by atoms with Gasteiger partial charge in [0, 0.05) is 55.8 Å². The lowest BCUT2D eigenvalue weighted by Gasteiger charge is -2.31. The number of hydrazine groups is 1. The molecule has 286 valence electrons. The van der Waals surface area contributed by atoms with Crippen molar-refractivity contribution >= 4 is 39.6 Å². The Balaban J connectivity index is 1.37. The number of hydrogen-bond donors (Lipinski definition) is 6. The highest BCUT2D eigenvalue weighted by atomic mass is 32.3. The third kappa shape index (κ3) is 23.0. The van der Waals surface area contributed by atoms with Gasteiger partial charge in [-0.15, -0.1) is 0 Å². The van der Waals surface area contributed by atoms with Crippen LogP contribution in [0.5, 0.6) is 0 Å². The Morgan fingerprint density at radius 2 is 1.46 bits per heavy atom. The minimum absolute atomic E-state index is 0.00770. The molecule has 1 atom stereocenters. The second kappa shape index (κ2) is 27.1. The van der Waals surface area contributed by atoms with Crippen molar-refractivity contribution in [1.82, 2.24) is 26.2 Å². The number of carbonyl (C=O) groups excluding carboxylic acids is 4. The fourth-order valence-electron chi connectivity index (χ4n) is 6.26. The molecule has 12 nitrogen and oxygen atoms in total. The summed E-state index contributed by atoms with van der Waals surface area (Å²) in [7, 11) is -3.03. The fraction of sp³-hybridized carbons (Fsp3) is 0.784. The largest absolute Gasteiger partial charge is 0.356 e. The highest BCUT2D eigenvalue weighted by molar-refractivity contribution is 8.24. The summed E-state index contributed by atoms with van der Waals surface area (Å²) < 4.78 is 20.7. The van der Waals surface area contributed by atoms with Crippen molar-refractivity contribution in [3.05, 3.63) is 18.2 Å². The van der Waals surface area contributed by atoms with Gasteiger partial charge < -0.3 is 10.3 Å². The molecule has 1 aliphatic rings. The molecule has 0 aromatic carbocycles. The summed E-state index contributed by atoms with van der Waals surface area (Å²) in [5.41, 5.74) is 7.93. The molecule has 1 aromatic heterocycles. The van der Waals surface area contributed by atoms with Gasteiger partial charge in [0.15, 0.2) is 5.78 Å². The van der Waals surface area contributed by atoms with E-state index < -0.39 is 10.6 Å². The number of Topliss-reactive ketones (excluding diaryl/α,β-unsaturated/α-hetero) is 3. The van der Waals surface area contributed by atoms with Gasteiger partial charge in [-0.3, -0.25) is 28.3 Å². The summed E-state index contributed by atoms with van der Waals surface area (Å²) in [4.78, 5) is 55.8. The number of aryl methyl sites for hydroxylation is 1. The van der Waals surface area contributed by atoms with E-state index in [1.165, 1.54) is 76.8 Å². The predicted octanol–water partition coefficient (Wildman–Crippen LogP) is 7.21. The first-order valence-electron chi connectivity index (χ1n) is 19.2. The molecule has 0 unspecified atom stereocenters. The van der Waals surface area contributed by atoms with Crippen molar-refractivity contribution in [3.8, 4) is 0 Å². The third-order valence-electron chi connectivity index (χ3n) is 9.35. The number of hydrogen-bond acceptors (Lipinski definition) is 10. The van der Waals surface area contributed by atoms with E-state index in [4.69, 9.17) is 0 Å². The lowest BCUT2D eigenvalue weighted by atomic mass is 9.91. The first-order chi connectivity index (χ1) is 24.1. The second-order valence-corrected chi connectivity index (χ2v) is 16.3. The van der Waals surface area contributed by atoms with Crippen LogP contribution in [0.1, 0.15) is 154 Å². The van der Waals surface area contributed by atoms with Gasteiger partial charge >= 0.3 is 0 Å². The van der Waals surface area contributed by atoms with E-state index in [-0.39, 0.29) is 53.5 Å². The molecule has 50 heavy (non-hydrogen) atoms. The normalized spacial score (nSPS) is 13.9. The number of carbonyl (C=O) groups is 4. The second-order valence-electron chi connectivity index (χ2n) is 14.0. The Kier molecular flexibility index (Phi) is 23.6. The van der Waals surface area contributed by atoms with Gasteiger partial charge in [0.1, 0.15) is 11.6 Å². The van der Waals surface area contributed by atoms with Gasteiger partial charge in [0.25, 0.3) is 0 Å². The van der Waals surface area contributed by atoms with Gasteiger partial charge in [-0.05, 0) is 51.9 Å². The van der Waals surface area contributed by atoms with Crippen LogP contribution >= 0.6 is 10.6 Å². The molecular weight excluding hydrogens is 657 g/mol. The topological polar surface area (TPSA) is 186 Å². The number of nitrogens with one attached hydrogen (secondary N) is 4. The molecular formula is C37H66N6O6S. The molecule has 13 heteroatoms. The average Bonchev–Trinajstić information content (AvgIpc) is 3.79. The van der Waals surface area contributed by atoms with Crippen LogP contribution in [0.25, 0.3) is 0 Å². The Morgan fingerprint density at radius 1 is 0.800 bits per heavy atom. The van der Waals surface area contributed by atoms with E-state index in [0.717, 1.165) is 44.3 Å². The fourth-order valence-corrected chi connectivity index (χ4v) is 7.67. The van der Waals surface area contributed by atoms with Crippen molar-refractivity contribution < 1.29 is 28.3 Å². The molecule has 0 saturated carbocycles. The summed E-state index contributed by atoms with van der Waals surface area (Å²) in [5, 5.41) is 7.03. The van der Waals surface area contributed by atoms with E-state index >= 15 is 0 Å². The zero-order chi connectivity index (χ0) is 36.3. The predicted molar refractivity (Wildman–Crippen MR) is 202 cm³/mol. The lowest BCUT2D eigenvalue weighted by molar-refractivity contribution is -0.127. The van der Waals surface area contributed by atoms with Gasteiger partial charge in [0.2, 0.25) is 5.91 Å². The number of nitrogens with zero attached hydrogens (tertiary/aromatic N) is 2.